The highest BCUT2D eigenvalue weighted by atomic mass is 16.5. The first-order valence-corrected chi connectivity index (χ1v) is 6.08. The van der Waals surface area contributed by atoms with Gasteiger partial charge >= 0.3 is 12.0 Å². The molecule has 19 heavy (non-hydrogen) atoms. The van der Waals surface area contributed by atoms with Gasteiger partial charge < -0.3 is 20.3 Å². The van der Waals surface area contributed by atoms with Crippen molar-refractivity contribution in [1.29, 1.82) is 0 Å². The van der Waals surface area contributed by atoms with E-state index in [0.29, 0.717) is 17.9 Å². The molecule has 1 atom stereocenters. The number of hydrogen-bond acceptors (Lipinski definition) is 4. The molecule has 0 saturated carbocycles. The second kappa shape index (κ2) is 6.77. The van der Waals surface area contributed by atoms with E-state index in [0.717, 1.165) is 0 Å². The molecule has 3 N–H and O–H groups in total. The lowest BCUT2D eigenvalue weighted by Crippen LogP contribution is -2.46. The zero-order valence-electron chi connectivity index (χ0n) is 11.3. The van der Waals surface area contributed by atoms with Crippen LogP contribution in [0, 0.1) is 12.8 Å². The van der Waals surface area contributed by atoms with Crippen LogP contribution in [0.3, 0.4) is 0 Å². The van der Waals surface area contributed by atoms with E-state index in [1.165, 1.54) is 0 Å². The number of nitrogens with one attached hydrogen (secondary N) is 2. The number of hydrogen-bond donors (Lipinski definition) is 3. The average molecular weight is 269 g/mol. The standard InChI is InChI=1S/C12H19N3O4/c1-7(2)4-10(11(16)17)14-12(18)13-6-9-5-8(3)19-15-9/h5,7,10H,4,6H2,1-3H3,(H,16,17)(H2,13,14,18)/t10-/m0/s1. The highest BCUT2D eigenvalue weighted by Crippen LogP contribution is 2.05. The number of carboxylic acids is 1. The van der Waals surface area contributed by atoms with Crippen LogP contribution in [-0.2, 0) is 11.3 Å². The number of urea groups is 1. The lowest BCUT2D eigenvalue weighted by molar-refractivity contribution is -0.139. The van der Waals surface area contributed by atoms with Gasteiger partial charge in [-0.05, 0) is 19.3 Å². The third-order valence-electron chi connectivity index (χ3n) is 2.42. The third-order valence-corrected chi connectivity index (χ3v) is 2.42. The maximum Gasteiger partial charge on any atom is 0.326 e. The Morgan fingerprint density at radius 3 is 2.63 bits per heavy atom. The molecule has 1 aromatic heterocycles. The van der Waals surface area contributed by atoms with Crippen LogP contribution >= 0.6 is 0 Å². The molecular formula is C12H19N3O4. The minimum absolute atomic E-state index is 0.180. The highest BCUT2D eigenvalue weighted by Gasteiger charge is 2.20. The van der Waals surface area contributed by atoms with Gasteiger partial charge in [-0.25, -0.2) is 9.59 Å². The lowest BCUT2D eigenvalue weighted by atomic mass is 10.0. The van der Waals surface area contributed by atoms with Gasteiger partial charge in [-0.2, -0.15) is 0 Å². The maximum atomic E-state index is 11.6. The van der Waals surface area contributed by atoms with Crippen LogP contribution in [0.15, 0.2) is 10.6 Å². The fourth-order valence-electron chi connectivity index (χ4n) is 1.57. The summed E-state index contributed by atoms with van der Waals surface area (Å²) in [7, 11) is 0. The number of carbonyl (C=O) groups is 2. The predicted octanol–water partition coefficient (Wildman–Crippen LogP) is 1.28. The maximum absolute atomic E-state index is 11.6. The molecule has 7 nitrogen and oxygen atoms in total. The summed E-state index contributed by atoms with van der Waals surface area (Å²) >= 11 is 0. The molecular weight excluding hydrogens is 250 g/mol. The molecule has 0 fully saturated rings. The van der Waals surface area contributed by atoms with Crippen LogP contribution in [-0.4, -0.2) is 28.3 Å². The fraction of sp³-hybridized carbons (Fsp3) is 0.583. The van der Waals surface area contributed by atoms with Crippen LogP contribution in [0.4, 0.5) is 4.79 Å². The Labute approximate surface area is 111 Å². The second-order valence-electron chi connectivity index (χ2n) is 4.78. The van der Waals surface area contributed by atoms with E-state index in [1.807, 2.05) is 13.8 Å². The number of aryl methyl sites for hydroxylation is 1. The molecule has 0 unspecified atom stereocenters. The van der Waals surface area contributed by atoms with Crippen molar-refractivity contribution in [3.63, 3.8) is 0 Å². The summed E-state index contributed by atoms with van der Waals surface area (Å²) < 4.78 is 4.85. The van der Waals surface area contributed by atoms with Crippen molar-refractivity contribution in [1.82, 2.24) is 15.8 Å². The van der Waals surface area contributed by atoms with Crippen molar-refractivity contribution in [3.05, 3.63) is 17.5 Å². The van der Waals surface area contributed by atoms with Crippen LogP contribution < -0.4 is 10.6 Å². The quantitative estimate of drug-likeness (QED) is 0.721. The van der Waals surface area contributed by atoms with Gasteiger partial charge in [0, 0.05) is 6.07 Å². The summed E-state index contributed by atoms with van der Waals surface area (Å²) in [5.74, 6) is -0.207. The van der Waals surface area contributed by atoms with Crippen LogP contribution in [0.5, 0.6) is 0 Å². The van der Waals surface area contributed by atoms with Crippen molar-refractivity contribution < 1.29 is 19.2 Å². The van der Waals surface area contributed by atoms with Crippen molar-refractivity contribution in [3.8, 4) is 0 Å². The predicted molar refractivity (Wildman–Crippen MR) is 67.5 cm³/mol. The Morgan fingerprint density at radius 1 is 1.47 bits per heavy atom. The number of carboxylic acid groups (broad SMARTS) is 1. The second-order valence-corrected chi connectivity index (χ2v) is 4.78. The van der Waals surface area contributed by atoms with E-state index < -0.39 is 18.0 Å². The summed E-state index contributed by atoms with van der Waals surface area (Å²) in [5, 5.41) is 17.7. The smallest absolute Gasteiger partial charge is 0.326 e. The summed E-state index contributed by atoms with van der Waals surface area (Å²) in [4.78, 5) is 22.6. The minimum atomic E-state index is -1.04. The Balaban J connectivity index is 2.42. The molecule has 1 heterocycles. The number of carbonyl (C=O) groups excluding carboxylic acids is 1. The Hall–Kier alpha value is -2.05. The molecule has 0 aliphatic heterocycles. The summed E-state index contributed by atoms with van der Waals surface area (Å²) in [6.45, 7) is 5.73. The topological polar surface area (TPSA) is 104 Å². The average Bonchev–Trinajstić information content (AvgIpc) is 2.71. The number of amides is 2. The van der Waals surface area contributed by atoms with Gasteiger partial charge in [0.15, 0.2) is 0 Å². The lowest BCUT2D eigenvalue weighted by Gasteiger charge is -2.16. The molecule has 2 amide bonds. The monoisotopic (exact) mass is 269 g/mol. The van der Waals surface area contributed by atoms with Crippen LogP contribution in [0.25, 0.3) is 0 Å². The van der Waals surface area contributed by atoms with E-state index in [9.17, 15) is 9.59 Å². The minimum Gasteiger partial charge on any atom is -0.480 e. The molecule has 0 aliphatic rings. The van der Waals surface area contributed by atoms with E-state index in [4.69, 9.17) is 9.63 Å². The van der Waals surface area contributed by atoms with Gasteiger partial charge in [0.05, 0.1) is 6.54 Å². The Bertz CT molecular complexity index is 442. The highest BCUT2D eigenvalue weighted by molar-refractivity contribution is 5.82. The van der Waals surface area contributed by atoms with Crippen LogP contribution in [0.2, 0.25) is 0 Å². The summed E-state index contributed by atoms with van der Waals surface area (Å²) in [6.07, 6.45) is 0.381. The molecule has 7 heteroatoms. The first-order valence-electron chi connectivity index (χ1n) is 6.08. The van der Waals surface area contributed by atoms with Gasteiger partial charge in [0.1, 0.15) is 17.5 Å². The first-order chi connectivity index (χ1) is 8.88. The van der Waals surface area contributed by atoms with Gasteiger partial charge in [-0.1, -0.05) is 19.0 Å². The van der Waals surface area contributed by atoms with Gasteiger partial charge in [0.25, 0.3) is 0 Å². The zero-order chi connectivity index (χ0) is 14.4. The van der Waals surface area contributed by atoms with E-state index in [-0.39, 0.29) is 12.5 Å². The van der Waals surface area contributed by atoms with Crippen molar-refractivity contribution in [2.45, 2.75) is 39.8 Å². The molecule has 0 saturated heterocycles. The van der Waals surface area contributed by atoms with Crippen molar-refractivity contribution >= 4 is 12.0 Å². The fourth-order valence-corrected chi connectivity index (χ4v) is 1.57. The van der Waals surface area contributed by atoms with Gasteiger partial charge in [0.2, 0.25) is 0 Å². The summed E-state index contributed by atoms with van der Waals surface area (Å²) in [5.41, 5.74) is 0.586. The van der Waals surface area contributed by atoms with E-state index >= 15 is 0 Å². The Kier molecular flexibility index (Phi) is 5.35. The number of aliphatic carboxylic acids is 1. The first kappa shape index (κ1) is 15.0. The molecule has 1 rings (SSSR count). The largest absolute Gasteiger partial charge is 0.480 e. The normalized spacial score (nSPS) is 12.2. The summed E-state index contributed by atoms with van der Waals surface area (Å²) in [6, 6.07) is 0.274. The molecule has 0 spiro atoms. The molecule has 1 aromatic rings. The molecule has 0 radical (unpaired) electrons. The van der Waals surface area contributed by atoms with Gasteiger partial charge in [-0.15, -0.1) is 0 Å². The van der Waals surface area contributed by atoms with Crippen molar-refractivity contribution in [2.75, 3.05) is 0 Å². The zero-order valence-corrected chi connectivity index (χ0v) is 11.3. The Morgan fingerprint density at radius 2 is 2.16 bits per heavy atom. The van der Waals surface area contributed by atoms with Crippen molar-refractivity contribution in [2.24, 2.45) is 5.92 Å². The molecule has 106 valence electrons. The molecule has 0 aliphatic carbocycles. The van der Waals surface area contributed by atoms with Crippen LogP contribution in [0.1, 0.15) is 31.7 Å². The van der Waals surface area contributed by atoms with E-state index in [2.05, 4.69) is 15.8 Å². The number of rotatable bonds is 6. The van der Waals surface area contributed by atoms with Gasteiger partial charge in [-0.3, -0.25) is 0 Å². The third kappa shape index (κ3) is 5.41. The number of aromatic nitrogens is 1. The molecule has 0 bridgehead atoms. The molecule has 0 aromatic carbocycles. The SMILES string of the molecule is Cc1cc(CNC(=O)N[C@@H](CC(C)C)C(=O)O)no1. The van der Waals surface area contributed by atoms with E-state index in [1.54, 1.807) is 13.0 Å². The number of nitrogens with zero attached hydrogens (tertiary/aromatic N) is 1.